The molecule has 0 aliphatic rings. The van der Waals surface area contributed by atoms with Gasteiger partial charge in [-0.2, -0.15) is 0 Å². The lowest BCUT2D eigenvalue weighted by Crippen LogP contribution is -2.22. The number of benzene rings is 1. The smallest absolute Gasteiger partial charge is 0.120 e. The topological polar surface area (TPSA) is 52.5 Å². The van der Waals surface area contributed by atoms with Gasteiger partial charge in [0.05, 0.1) is 6.61 Å². The van der Waals surface area contributed by atoms with Crippen LogP contribution in [0.5, 0.6) is 5.75 Å². The molecule has 0 heterocycles. The van der Waals surface area contributed by atoms with E-state index in [1.54, 1.807) is 12.1 Å². The Bertz CT molecular complexity index is 263. The van der Waals surface area contributed by atoms with E-state index >= 15 is 0 Å². The highest BCUT2D eigenvalue weighted by Crippen LogP contribution is 2.22. The van der Waals surface area contributed by atoms with Crippen molar-refractivity contribution in [2.24, 2.45) is 0 Å². The molecule has 0 fully saturated rings. The lowest BCUT2D eigenvalue weighted by Gasteiger charge is -2.14. The third-order valence-corrected chi connectivity index (χ3v) is 1.97. The number of hydrogen-bond acceptors (Lipinski definition) is 3. The first-order chi connectivity index (χ1) is 6.25. The Morgan fingerprint density at radius 2 is 2.08 bits per heavy atom. The van der Waals surface area contributed by atoms with Gasteiger partial charge < -0.3 is 15.5 Å². The third kappa shape index (κ3) is 2.72. The minimum Gasteiger partial charge on any atom is -0.508 e. The molecule has 3 nitrogen and oxygen atoms in total. The van der Waals surface area contributed by atoms with Crippen molar-refractivity contribution in [3.63, 3.8) is 0 Å². The van der Waals surface area contributed by atoms with Crippen molar-refractivity contribution in [2.75, 3.05) is 13.2 Å². The van der Waals surface area contributed by atoms with E-state index in [0.29, 0.717) is 12.3 Å². The number of rotatable bonds is 4. The molecule has 1 aromatic carbocycles. The molecule has 72 valence electrons. The van der Waals surface area contributed by atoms with Crippen LogP contribution in [0.2, 0.25) is 0 Å². The van der Waals surface area contributed by atoms with Gasteiger partial charge >= 0.3 is 0 Å². The van der Waals surface area contributed by atoms with Gasteiger partial charge in [0, 0.05) is 18.2 Å². The van der Waals surface area contributed by atoms with Crippen LogP contribution in [0.3, 0.4) is 0 Å². The van der Waals surface area contributed by atoms with E-state index in [-0.39, 0.29) is 12.6 Å². The minimum atomic E-state index is 0.0633. The fourth-order valence-corrected chi connectivity index (χ4v) is 1.24. The second-order valence-corrected chi connectivity index (χ2v) is 2.96. The Morgan fingerprint density at radius 3 is 2.69 bits per heavy atom. The van der Waals surface area contributed by atoms with E-state index in [2.05, 4.69) is 5.32 Å². The third-order valence-electron chi connectivity index (χ3n) is 1.97. The molecule has 0 saturated carbocycles. The zero-order valence-corrected chi connectivity index (χ0v) is 7.70. The zero-order valence-electron chi connectivity index (χ0n) is 7.70. The van der Waals surface area contributed by atoms with Crippen LogP contribution in [-0.2, 0) is 0 Å². The molecule has 0 aromatic heterocycles. The maximum absolute atomic E-state index is 9.48. The average Bonchev–Trinajstić information content (AvgIpc) is 2.15. The Kier molecular flexibility index (Phi) is 3.73. The summed E-state index contributed by atoms with van der Waals surface area (Å²) in [6.45, 7) is 2.60. The molecule has 0 amide bonds. The van der Waals surface area contributed by atoms with Crippen LogP contribution in [0.25, 0.3) is 0 Å². The van der Waals surface area contributed by atoms with Gasteiger partial charge in [0.1, 0.15) is 5.75 Å². The summed E-state index contributed by atoms with van der Waals surface area (Å²) in [5.41, 5.74) is 0.857. The number of hydrogen-bond donors (Lipinski definition) is 3. The van der Waals surface area contributed by atoms with Gasteiger partial charge in [-0.05, 0) is 13.0 Å². The van der Waals surface area contributed by atoms with Crippen LogP contribution in [0.1, 0.15) is 18.5 Å². The highest BCUT2D eigenvalue weighted by molar-refractivity contribution is 5.33. The van der Waals surface area contributed by atoms with Crippen molar-refractivity contribution in [3.8, 4) is 5.75 Å². The molecule has 13 heavy (non-hydrogen) atoms. The van der Waals surface area contributed by atoms with Crippen molar-refractivity contribution >= 4 is 0 Å². The fourth-order valence-electron chi connectivity index (χ4n) is 1.24. The Labute approximate surface area is 78.0 Å². The van der Waals surface area contributed by atoms with E-state index in [0.717, 1.165) is 5.56 Å². The largest absolute Gasteiger partial charge is 0.508 e. The van der Waals surface area contributed by atoms with E-state index in [1.165, 1.54) is 0 Å². The molecule has 0 spiro atoms. The van der Waals surface area contributed by atoms with Crippen molar-refractivity contribution < 1.29 is 10.2 Å². The van der Waals surface area contributed by atoms with Gasteiger partial charge in [0.25, 0.3) is 0 Å². The quantitative estimate of drug-likeness (QED) is 0.650. The second kappa shape index (κ2) is 4.84. The number of phenols is 1. The summed E-state index contributed by atoms with van der Waals surface area (Å²) in [7, 11) is 0. The summed E-state index contributed by atoms with van der Waals surface area (Å²) in [4.78, 5) is 0. The second-order valence-electron chi connectivity index (χ2n) is 2.96. The van der Waals surface area contributed by atoms with Crippen molar-refractivity contribution in [3.05, 3.63) is 29.8 Å². The van der Waals surface area contributed by atoms with E-state index in [4.69, 9.17) is 5.11 Å². The lowest BCUT2D eigenvalue weighted by molar-refractivity contribution is 0.285. The summed E-state index contributed by atoms with van der Waals surface area (Å²) >= 11 is 0. The number of aromatic hydroxyl groups is 1. The molecule has 0 saturated heterocycles. The van der Waals surface area contributed by atoms with E-state index < -0.39 is 0 Å². The number of aliphatic hydroxyl groups is 1. The van der Waals surface area contributed by atoms with Gasteiger partial charge in [-0.15, -0.1) is 0 Å². The number of para-hydroxylation sites is 1. The molecule has 1 atom stereocenters. The Morgan fingerprint density at radius 1 is 1.38 bits per heavy atom. The summed E-state index contributed by atoms with van der Waals surface area (Å²) in [5.74, 6) is 0.292. The summed E-state index contributed by atoms with van der Waals surface area (Å²) in [6, 6.07) is 7.26. The number of nitrogens with one attached hydrogen (secondary N) is 1. The van der Waals surface area contributed by atoms with Crippen LogP contribution in [-0.4, -0.2) is 23.4 Å². The van der Waals surface area contributed by atoms with Crippen LogP contribution >= 0.6 is 0 Å². The molecule has 3 N–H and O–H groups in total. The predicted molar refractivity (Wildman–Crippen MR) is 51.6 cm³/mol. The van der Waals surface area contributed by atoms with Gasteiger partial charge in [0.2, 0.25) is 0 Å². The van der Waals surface area contributed by atoms with Gasteiger partial charge in [-0.25, -0.2) is 0 Å². The molecule has 0 radical (unpaired) electrons. The van der Waals surface area contributed by atoms with Crippen LogP contribution in [0, 0.1) is 0 Å². The van der Waals surface area contributed by atoms with E-state index in [9.17, 15) is 5.11 Å². The molecular formula is C10H15NO2. The molecule has 0 unspecified atom stereocenters. The first-order valence-corrected chi connectivity index (χ1v) is 4.38. The monoisotopic (exact) mass is 181 g/mol. The van der Waals surface area contributed by atoms with Crippen LogP contribution in [0.15, 0.2) is 24.3 Å². The maximum atomic E-state index is 9.48. The predicted octanol–water partition coefficient (Wildman–Crippen LogP) is 1.04. The van der Waals surface area contributed by atoms with Crippen molar-refractivity contribution in [1.29, 1.82) is 0 Å². The molecule has 0 bridgehead atoms. The lowest BCUT2D eigenvalue weighted by atomic mass is 10.1. The summed E-state index contributed by atoms with van der Waals surface area (Å²) in [6.07, 6.45) is 0. The zero-order chi connectivity index (χ0) is 9.68. The highest BCUT2D eigenvalue weighted by atomic mass is 16.3. The van der Waals surface area contributed by atoms with Crippen molar-refractivity contribution in [1.82, 2.24) is 5.32 Å². The Balaban J connectivity index is 2.65. The van der Waals surface area contributed by atoms with Crippen LogP contribution in [0.4, 0.5) is 0 Å². The van der Waals surface area contributed by atoms with Crippen LogP contribution < -0.4 is 5.32 Å². The standard InChI is InChI=1S/C10H15NO2/c1-8(11-6-7-12)9-4-2-3-5-10(9)13/h2-5,8,11-13H,6-7H2,1H3/t8-/m1/s1. The van der Waals surface area contributed by atoms with Gasteiger partial charge in [-0.3, -0.25) is 0 Å². The highest BCUT2D eigenvalue weighted by Gasteiger charge is 2.07. The molecular weight excluding hydrogens is 166 g/mol. The molecule has 3 heteroatoms. The maximum Gasteiger partial charge on any atom is 0.120 e. The molecule has 1 aromatic rings. The van der Waals surface area contributed by atoms with Gasteiger partial charge in [-0.1, -0.05) is 18.2 Å². The fraction of sp³-hybridized carbons (Fsp3) is 0.400. The molecule has 1 rings (SSSR count). The summed E-state index contributed by atoms with van der Waals surface area (Å²) in [5, 5.41) is 21.2. The van der Waals surface area contributed by atoms with E-state index in [1.807, 2.05) is 19.1 Å². The van der Waals surface area contributed by atoms with Gasteiger partial charge in [0.15, 0.2) is 0 Å². The minimum absolute atomic E-state index is 0.0633. The normalized spacial score (nSPS) is 12.8. The molecule has 0 aliphatic heterocycles. The number of aliphatic hydroxyl groups excluding tert-OH is 1. The first-order valence-electron chi connectivity index (χ1n) is 4.38. The first kappa shape index (κ1) is 10.0. The van der Waals surface area contributed by atoms with Crippen molar-refractivity contribution in [2.45, 2.75) is 13.0 Å². The molecule has 0 aliphatic carbocycles. The summed E-state index contributed by atoms with van der Waals surface area (Å²) < 4.78 is 0. The SMILES string of the molecule is C[C@@H](NCCO)c1ccccc1O. The number of phenolic OH excluding ortho intramolecular Hbond substituents is 1. The average molecular weight is 181 g/mol. The Hall–Kier alpha value is -1.06.